The lowest BCUT2D eigenvalue weighted by molar-refractivity contribution is -0.166. The average molecular weight is 861 g/mol. The fraction of sp³-hybridized carbons (Fsp3) is 0.909. The van der Waals surface area contributed by atoms with Crippen LogP contribution in [0.3, 0.4) is 0 Å². The molecule has 6 heteroatoms. The Morgan fingerprint density at radius 2 is 0.574 bits per heavy atom. The lowest BCUT2D eigenvalue weighted by Gasteiger charge is -2.18. The Kier molecular flexibility index (Phi) is 49.3. The van der Waals surface area contributed by atoms with Crippen LogP contribution in [0, 0.1) is 0 Å². The third kappa shape index (κ3) is 49.0. The van der Waals surface area contributed by atoms with Crippen LogP contribution >= 0.6 is 0 Å². The molecule has 0 rings (SSSR count). The Hall–Kier alpha value is -1.85. The smallest absolute Gasteiger partial charge is 0.306 e. The first-order valence-corrected chi connectivity index (χ1v) is 27.2. The van der Waals surface area contributed by atoms with Gasteiger partial charge in [-0.25, -0.2) is 0 Å². The predicted molar refractivity (Wildman–Crippen MR) is 261 cm³/mol. The molecule has 360 valence electrons. The molecule has 0 fully saturated rings. The van der Waals surface area contributed by atoms with E-state index in [1.54, 1.807) is 0 Å². The first kappa shape index (κ1) is 59.1. The van der Waals surface area contributed by atoms with E-state index in [0.29, 0.717) is 19.3 Å². The van der Waals surface area contributed by atoms with Crippen LogP contribution in [0.1, 0.15) is 303 Å². The normalized spacial score (nSPS) is 12.0. The van der Waals surface area contributed by atoms with Gasteiger partial charge in [0.1, 0.15) is 13.2 Å². The minimum Gasteiger partial charge on any atom is -0.462 e. The Labute approximate surface area is 380 Å². The van der Waals surface area contributed by atoms with Crippen molar-refractivity contribution in [3.63, 3.8) is 0 Å². The standard InChI is InChI=1S/C55H104O6/c1-4-7-10-13-16-19-22-25-27-30-33-36-39-42-45-48-54(57)60-51-52(50-59-53(56)47-44-41-38-35-32-29-24-21-18-15-12-9-6-3)61-55(58)49-46-43-40-37-34-31-28-26-23-20-17-14-11-8-5-2/h39,42,52H,4-38,40-41,43-51H2,1-3H3. The van der Waals surface area contributed by atoms with Crippen LogP contribution in [0.5, 0.6) is 0 Å². The third-order valence-electron chi connectivity index (χ3n) is 12.3. The van der Waals surface area contributed by atoms with Crippen LogP contribution in [0.2, 0.25) is 0 Å². The maximum atomic E-state index is 12.8. The van der Waals surface area contributed by atoms with E-state index < -0.39 is 6.10 Å². The van der Waals surface area contributed by atoms with Gasteiger partial charge in [-0.05, 0) is 32.1 Å². The number of allylic oxidation sites excluding steroid dienone is 2. The van der Waals surface area contributed by atoms with Crippen LogP contribution in [-0.2, 0) is 28.6 Å². The molecule has 6 nitrogen and oxygen atoms in total. The molecular formula is C55H104O6. The average Bonchev–Trinajstić information content (AvgIpc) is 3.26. The highest BCUT2D eigenvalue weighted by Gasteiger charge is 2.19. The summed E-state index contributed by atoms with van der Waals surface area (Å²) in [6.07, 6.45) is 56.3. The number of hydrogen-bond donors (Lipinski definition) is 0. The van der Waals surface area contributed by atoms with Gasteiger partial charge in [0.15, 0.2) is 6.10 Å². The number of rotatable bonds is 50. The maximum absolute atomic E-state index is 12.8. The zero-order valence-corrected chi connectivity index (χ0v) is 41.2. The van der Waals surface area contributed by atoms with E-state index in [1.165, 1.54) is 212 Å². The minimum absolute atomic E-state index is 0.0754. The molecule has 0 saturated carbocycles. The van der Waals surface area contributed by atoms with Gasteiger partial charge in [-0.15, -0.1) is 0 Å². The zero-order chi connectivity index (χ0) is 44.4. The number of esters is 3. The van der Waals surface area contributed by atoms with E-state index in [1.807, 2.05) is 0 Å². The lowest BCUT2D eigenvalue weighted by Crippen LogP contribution is -2.30. The molecule has 0 amide bonds. The molecule has 0 radical (unpaired) electrons. The van der Waals surface area contributed by atoms with Gasteiger partial charge in [0.2, 0.25) is 0 Å². The van der Waals surface area contributed by atoms with Crippen LogP contribution in [-0.4, -0.2) is 37.2 Å². The lowest BCUT2D eigenvalue weighted by atomic mass is 10.0. The van der Waals surface area contributed by atoms with E-state index in [9.17, 15) is 14.4 Å². The molecule has 1 atom stereocenters. The number of carbonyl (C=O) groups is 3. The Balaban J connectivity index is 4.35. The second-order valence-corrected chi connectivity index (χ2v) is 18.5. The van der Waals surface area contributed by atoms with Gasteiger partial charge in [0, 0.05) is 19.3 Å². The summed E-state index contributed by atoms with van der Waals surface area (Å²) in [5.41, 5.74) is 0. The molecule has 0 saturated heterocycles. The van der Waals surface area contributed by atoms with Crippen molar-refractivity contribution in [1.82, 2.24) is 0 Å². The molecule has 1 unspecified atom stereocenters. The van der Waals surface area contributed by atoms with Crippen molar-refractivity contribution in [1.29, 1.82) is 0 Å². The monoisotopic (exact) mass is 861 g/mol. The molecule has 0 spiro atoms. The molecule has 0 aliphatic carbocycles. The van der Waals surface area contributed by atoms with Crippen LogP contribution in [0.25, 0.3) is 0 Å². The van der Waals surface area contributed by atoms with Crippen molar-refractivity contribution in [2.75, 3.05) is 13.2 Å². The van der Waals surface area contributed by atoms with E-state index in [2.05, 4.69) is 32.9 Å². The molecular weight excluding hydrogens is 757 g/mol. The maximum Gasteiger partial charge on any atom is 0.306 e. The molecule has 0 aromatic rings. The summed E-state index contributed by atoms with van der Waals surface area (Å²) >= 11 is 0. The second-order valence-electron chi connectivity index (χ2n) is 18.5. The van der Waals surface area contributed by atoms with Gasteiger partial charge in [0.05, 0.1) is 0 Å². The first-order chi connectivity index (χ1) is 30.0. The number of ether oxygens (including phenoxy) is 3. The fourth-order valence-corrected chi connectivity index (χ4v) is 8.17. The van der Waals surface area contributed by atoms with E-state index in [0.717, 1.165) is 44.9 Å². The highest BCUT2D eigenvalue weighted by atomic mass is 16.6. The molecule has 0 aliphatic rings. The van der Waals surface area contributed by atoms with Crippen molar-refractivity contribution in [2.24, 2.45) is 0 Å². The van der Waals surface area contributed by atoms with E-state index in [4.69, 9.17) is 14.2 Å². The first-order valence-electron chi connectivity index (χ1n) is 27.2. The summed E-state index contributed by atoms with van der Waals surface area (Å²) in [5, 5.41) is 0. The van der Waals surface area contributed by atoms with Gasteiger partial charge in [-0.2, -0.15) is 0 Å². The molecule has 0 N–H and O–H groups in total. The van der Waals surface area contributed by atoms with Crippen molar-refractivity contribution in [3.8, 4) is 0 Å². The zero-order valence-electron chi connectivity index (χ0n) is 41.2. The fourth-order valence-electron chi connectivity index (χ4n) is 8.17. The molecule has 0 bridgehead atoms. The molecule has 0 heterocycles. The Morgan fingerprint density at radius 3 is 0.918 bits per heavy atom. The summed E-state index contributed by atoms with van der Waals surface area (Å²) in [4.78, 5) is 38.0. The predicted octanol–water partition coefficient (Wildman–Crippen LogP) is 17.8. The largest absolute Gasteiger partial charge is 0.462 e. The van der Waals surface area contributed by atoms with Gasteiger partial charge < -0.3 is 14.2 Å². The molecule has 61 heavy (non-hydrogen) atoms. The van der Waals surface area contributed by atoms with Crippen molar-refractivity contribution < 1.29 is 28.6 Å². The highest BCUT2D eigenvalue weighted by Crippen LogP contribution is 2.17. The summed E-state index contributed by atoms with van der Waals surface area (Å²) in [7, 11) is 0. The Bertz CT molecular complexity index is 947. The van der Waals surface area contributed by atoms with Gasteiger partial charge in [-0.1, -0.05) is 264 Å². The number of unbranched alkanes of at least 4 members (excludes halogenated alkanes) is 37. The van der Waals surface area contributed by atoms with Gasteiger partial charge in [-0.3, -0.25) is 14.4 Å². The topological polar surface area (TPSA) is 78.9 Å². The third-order valence-corrected chi connectivity index (χ3v) is 12.3. The molecule has 0 aromatic carbocycles. The summed E-state index contributed by atoms with van der Waals surface area (Å²) in [6.45, 7) is 6.65. The van der Waals surface area contributed by atoms with Crippen LogP contribution in [0.4, 0.5) is 0 Å². The number of carbonyl (C=O) groups excluding carboxylic acids is 3. The summed E-state index contributed by atoms with van der Waals surface area (Å²) in [5.74, 6) is -0.907. The summed E-state index contributed by atoms with van der Waals surface area (Å²) in [6, 6.07) is 0. The second kappa shape index (κ2) is 50.8. The Morgan fingerprint density at radius 1 is 0.311 bits per heavy atom. The van der Waals surface area contributed by atoms with Gasteiger partial charge >= 0.3 is 17.9 Å². The van der Waals surface area contributed by atoms with E-state index in [-0.39, 0.29) is 37.5 Å². The van der Waals surface area contributed by atoms with Crippen molar-refractivity contribution >= 4 is 17.9 Å². The highest BCUT2D eigenvalue weighted by molar-refractivity contribution is 5.71. The minimum atomic E-state index is -0.778. The van der Waals surface area contributed by atoms with Gasteiger partial charge in [0.25, 0.3) is 0 Å². The SMILES string of the molecule is CCCCCCCCCCCCCC=CCCC(=O)OCC(COC(=O)CCCCCCCCCCCCCCC)OC(=O)CCCCCCCCCCCCCCCCC. The molecule has 0 aliphatic heterocycles. The van der Waals surface area contributed by atoms with Crippen LogP contribution < -0.4 is 0 Å². The number of hydrogen-bond acceptors (Lipinski definition) is 6. The van der Waals surface area contributed by atoms with E-state index >= 15 is 0 Å². The van der Waals surface area contributed by atoms with Crippen molar-refractivity contribution in [2.45, 2.75) is 309 Å². The van der Waals surface area contributed by atoms with Crippen molar-refractivity contribution in [3.05, 3.63) is 12.2 Å². The quantitative estimate of drug-likeness (QED) is 0.0262. The summed E-state index contributed by atoms with van der Waals surface area (Å²) < 4.78 is 16.8. The van der Waals surface area contributed by atoms with Crippen LogP contribution in [0.15, 0.2) is 12.2 Å². The molecule has 0 aromatic heterocycles.